The summed E-state index contributed by atoms with van der Waals surface area (Å²) in [6.45, 7) is 3.48. The summed E-state index contributed by atoms with van der Waals surface area (Å²) in [5, 5.41) is 13.1. The van der Waals surface area contributed by atoms with Gasteiger partial charge < -0.3 is 30.6 Å². The molecule has 0 bridgehead atoms. The van der Waals surface area contributed by atoms with Crippen molar-refractivity contribution < 1.29 is 18.3 Å². The molecule has 1 saturated heterocycles. The van der Waals surface area contributed by atoms with Crippen molar-refractivity contribution in [3.8, 4) is 11.4 Å². The first kappa shape index (κ1) is 27.5. The van der Waals surface area contributed by atoms with Crippen molar-refractivity contribution in [2.24, 2.45) is 0 Å². The normalized spacial score (nSPS) is 16.5. The number of pyridine rings is 1. The van der Waals surface area contributed by atoms with E-state index in [1.807, 2.05) is 6.20 Å². The topological polar surface area (TPSA) is 103 Å². The van der Waals surface area contributed by atoms with Crippen LogP contribution in [0.2, 0.25) is 0 Å². The Morgan fingerprint density at radius 1 is 1.07 bits per heavy atom. The van der Waals surface area contributed by atoms with Gasteiger partial charge in [-0.05, 0) is 61.7 Å². The van der Waals surface area contributed by atoms with Crippen LogP contribution in [-0.2, 0) is 0 Å². The summed E-state index contributed by atoms with van der Waals surface area (Å²) < 4.78 is 35.6. The van der Waals surface area contributed by atoms with E-state index in [2.05, 4.69) is 27.5 Å². The van der Waals surface area contributed by atoms with E-state index in [1.165, 1.54) is 65.4 Å². The van der Waals surface area contributed by atoms with Gasteiger partial charge in [0.25, 0.3) is 11.5 Å². The second-order valence-electron chi connectivity index (χ2n) is 9.53. The highest BCUT2D eigenvalue weighted by molar-refractivity contribution is 6.04. The lowest BCUT2D eigenvalue weighted by Crippen LogP contribution is -2.44. The fourth-order valence-corrected chi connectivity index (χ4v) is 4.47. The van der Waals surface area contributed by atoms with Gasteiger partial charge in [0.05, 0.1) is 11.4 Å². The van der Waals surface area contributed by atoms with Gasteiger partial charge in [0.1, 0.15) is 11.4 Å². The molecule has 41 heavy (non-hydrogen) atoms. The third-order valence-electron chi connectivity index (χ3n) is 6.74. The molecule has 11 heteroatoms. The second-order valence-corrected chi connectivity index (χ2v) is 9.53. The predicted molar refractivity (Wildman–Crippen MR) is 152 cm³/mol. The summed E-state index contributed by atoms with van der Waals surface area (Å²) in [6, 6.07) is 12.1. The number of hydrogen-bond donors (Lipinski definition) is 3. The second kappa shape index (κ2) is 12.0. The van der Waals surface area contributed by atoms with Crippen LogP contribution in [0.5, 0.6) is 5.75 Å². The molecule has 0 aliphatic carbocycles. The van der Waals surface area contributed by atoms with Crippen LogP contribution in [0.4, 0.5) is 14.5 Å². The van der Waals surface area contributed by atoms with Crippen LogP contribution in [0, 0.1) is 17.0 Å². The maximum Gasteiger partial charge on any atom is 0.267 e. The van der Waals surface area contributed by atoms with Crippen LogP contribution in [0.15, 0.2) is 101 Å². The number of hydrogen-bond acceptors (Lipinski definition) is 7. The van der Waals surface area contributed by atoms with E-state index >= 15 is 4.39 Å². The molecule has 2 aromatic carbocycles. The van der Waals surface area contributed by atoms with Gasteiger partial charge in [0, 0.05) is 68.3 Å². The predicted octanol–water partition coefficient (Wildman–Crippen LogP) is 3.86. The maximum atomic E-state index is 15.1. The summed E-state index contributed by atoms with van der Waals surface area (Å²) in [4.78, 5) is 30.3. The first-order chi connectivity index (χ1) is 19.8. The number of ether oxygens (including phenoxy) is 1. The molecule has 9 nitrogen and oxygen atoms in total. The van der Waals surface area contributed by atoms with Crippen molar-refractivity contribution in [1.82, 2.24) is 19.7 Å². The zero-order valence-electron chi connectivity index (χ0n) is 22.2. The maximum absolute atomic E-state index is 15.1. The summed E-state index contributed by atoms with van der Waals surface area (Å²) in [7, 11) is 2.07. The molecule has 0 saturated carbocycles. The van der Waals surface area contributed by atoms with E-state index in [1.54, 1.807) is 6.08 Å². The summed E-state index contributed by atoms with van der Waals surface area (Å²) >= 11 is 0. The number of allylic oxidation sites excluding steroid dienone is 2. The fraction of sp³-hybridized carbons (Fsp3) is 0.167. The van der Waals surface area contributed by atoms with Crippen LogP contribution in [-0.4, -0.2) is 59.7 Å². The standard InChI is InChI=1S/C30H28F2N6O3/c1-36-13-15-37(16-14-36)23-18-28(26(10-11-33)34-19-23)41-27-9-6-21(17-25(27)32)35-29(39)24-3-2-12-38(30(24)40)22-7-4-20(31)5-8-22/h2-12,17-19,33-34H,13-16H2,1H3,(H,35,39)/b26-10-,33-11?. The van der Waals surface area contributed by atoms with Crippen LogP contribution in [0.25, 0.3) is 5.69 Å². The fourth-order valence-electron chi connectivity index (χ4n) is 4.47. The number of aromatic nitrogens is 1. The average Bonchev–Trinajstić information content (AvgIpc) is 2.96. The number of carbonyl (C=O) groups is 1. The molecule has 0 radical (unpaired) electrons. The molecule has 5 rings (SSSR count). The van der Waals surface area contributed by atoms with Crippen molar-refractivity contribution in [1.29, 1.82) is 5.41 Å². The van der Waals surface area contributed by atoms with E-state index < -0.39 is 23.1 Å². The molecule has 1 amide bonds. The minimum absolute atomic E-state index is 0.0788. The Labute approximate surface area is 235 Å². The highest BCUT2D eigenvalue weighted by Crippen LogP contribution is 2.27. The lowest BCUT2D eigenvalue weighted by molar-refractivity contribution is 0.102. The number of amides is 1. The Morgan fingerprint density at radius 3 is 2.54 bits per heavy atom. The van der Waals surface area contributed by atoms with E-state index in [0.29, 0.717) is 17.1 Å². The van der Waals surface area contributed by atoms with Crippen LogP contribution < -0.4 is 20.9 Å². The number of dihydropyridines is 1. The van der Waals surface area contributed by atoms with Gasteiger partial charge in [-0.3, -0.25) is 14.2 Å². The van der Waals surface area contributed by atoms with Gasteiger partial charge in [-0.25, -0.2) is 8.78 Å². The van der Waals surface area contributed by atoms with Crippen molar-refractivity contribution in [3.05, 3.63) is 124 Å². The SMILES string of the molecule is CN1CCN(C2=CN/C(=C\C=N)C(Oc3ccc(NC(=O)c4cccn(-c5ccc(F)cc5)c4=O)cc3F)=C2)CC1. The third kappa shape index (κ3) is 6.25. The lowest BCUT2D eigenvalue weighted by Gasteiger charge is -2.35. The van der Waals surface area contributed by atoms with Gasteiger partial charge in [0.15, 0.2) is 17.3 Å². The number of carbonyl (C=O) groups excluding carboxylic acids is 1. The van der Waals surface area contributed by atoms with Crippen LogP contribution in [0.1, 0.15) is 10.4 Å². The van der Waals surface area contributed by atoms with E-state index in [4.69, 9.17) is 10.1 Å². The first-order valence-corrected chi connectivity index (χ1v) is 12.9. The highest BCUT2D eigenvalue weighted by atomic mass is 19.1. The number of benzene rings is 2. The molecule has 1 aromatic heterocycles. The van der Waals surface area contributed by atoms with Crippen molar-refractivity contribution >= 4 is 17.8 Å². The summed E-state index contributed by atoms with van der Waals surface area (Å²) in [5.74, 6) is -1.64. The van der Waals surface area contributed by atoms with Gasteiger partial charge in [-0.2, -0.15) is 0 Å². The minimum Gasteiger partial charge on any atom is -0.452 e. The zero-order valence-corrected chi connectivity index (χ0v) is 22.2. The molecule has 2 aliphatic rings. The molecule has 1 fully saturated rings. The summed E-state index contributed by atoms with van der Waals surface area (Å²) in [6.07, 6.45) is 7.72. The Balaban J connectivity index is 1.33. The number of halogens is 2. The number of nitrogens with zero attached hydrogens (tertiary/aromatic N) is 3. The van der Waals surface area contributed by atoms with E-state index in [-0.39, 0.29) is 17.0 Å². The molecular formula is C30H28F2N6O3. The Morgan fingerprint density at radius 2 is 1.83 bits per heavy atom. The number of nitrogens with one attached hydrogen (secondary N) is 3. The molecule has 0 atom stereocenters. The number of anilines is 1. The first-order valence-electron chi connectivity index (χ1n) is 12.9. The largest absolute Gasteiger partial charge is 0.452 e. The molecule has 2 aliphatic heterocycles. The molecule has 3 N–H and O–H groups in total. The Hall–Kier alpha value is -5.03. The zero-order chi connectivity index (χ0) is 28.9. The monoisotopic (exact) mass is 558 g/mol. The van der Waals surface area contributed by atoms with Crippen molar-refractivity contribution in [2.45, 2.75) is 0 Å². The molecule has 3 heterocycles. The molecule has 210 valence electrons. The van der Waals surface area contributed by atoms with Crippen LogP contribution >= 0.6 is 0 Å². The lowest BCUT2D eigenvalue weighted by atomic mass is 10.2. The van der Waals surface area contributed by atoms with Crippen molar-refractivity contribution in [2.75, 3.05) is 38.5 Å². The van der Waals surface area contributed by atoms with E-state index in [9.17, 15) is 14.0 Å². The van der Waals surface area contributed by atoms with Crippen LogP contribution in [0.3, 0.4) is 0 Å². The Bertz CT molecular complexity index is 1620. The number of likely N-dealkylation sites (N-methyl/N-ethyl adjacent to an activating group) is 1. The van der Waals surface area contributed by atoms with Gasteiger partial charge in [0.2, 0.25) is 0 Å². The smallest absolute Gasteiger partial charge is 0.267 e. The quantitative estimate of drug-likeness (QED) is 0.381. The molecule has 0 spiro atoms. The minimum atomic E-state index is -0.731. The molecule has 3 aromatic rings. The summed E-state index contributed by atoms with van der Waals surface area (Å²) in [5.41, 5.74) is 1.13. The van der Waals surface area contributed by atoms with Gasteiger partial charge in [-0.1, -0.05) is 0 Å². The molecular weight excluding hydrogens is 530 g/mol. The third-order valence-corrected chi connectivity index (χ3v) is 6.74. The number of piperazine rings is 1. The van der Waals surface area contributed by atoms with Gasteiger partial charge >= 0.3 is 0 Å². The van der Waals surface area contributed by atoms with Crippen molar-refractivity contribution in [3.63, 3.8) is 0 Å². The molecule has 0 unspecified atom stereocenters. The Kier molecular flexibility index (Phi) is 8.06. The van der Waals surface area contributed by atoms with E-state index in [0.717, 1.165) is 44.2 Å². The average molecular weight is 559 g/mol. The van der Waals surface area contributed by atoms with Gasteiger partial charge in [-0.15, -0.1) is 0 Å². The highest BCUT2D eigenvalue weighted by Gasteiger charge is 2.21. The number of rotatable bonds is 7.